The second-order valence-corrected chi connectivity index (χ2v) is 7.82. The fourth-order valence-electron chi connectivity index (χ4n) is 4.16. The topological polar surface area (TPSA) is 30.2 Å². The van der Waals surface area contributed by atoms with Gasteiger partial charge in [0.25, 0.3) is 0 Å². The number of hydrogen-bond acceptors (Lipinski definition) is 2. The van der Waals surface area contributed by atoms with Gasteiger partial charge in [0.15, 0.2) is 5.65 Å². The van der Waals surface area contributed by atoms with Gasteiger partial charge in [-0.05, 0) is 17.5 Å². The number of fused-ring (bicyclic) bond motifs is 1. The lowest BCUT2D eigenvalue weighted by atomic mass is 10.1. The van der Waals surface area contributed by atoms with Crippen molar-refractivity contribution in [2.24, 2.45) is 0 Å². The third-order valence-electron chi connectivity index (χ3n) is 5.69. The molecular weight excluding hydrogens is 378 g/mol. The lowest BCUT2D eigenvalue weighted by molar-refractivity contribution is 0.940. The van der Waals surface area contributed by atoms with Crippen molar-refractivity contribution in [3.63, 3.8) is 0 Å². The molecule has 3 nitrogen and oxygen atoms in total. The highest BCUT2D eigenvalue weighted by atomic mass is 15.1. The van der Waals surface area contributed by atoms with Crippen LogP contribution >= 0.6 is 0 Å². The number of benzene rings is 3. The molecule has 0 saturated heterocycles. The van der Waals surface area contributed by atoms with Crippen LogP contribution in [0.3, 0.4) is 0 Å². The summed E-state index contributed by atoms with van der Waals surface area (Å²) in [6, 6.07) is 31.5. The Kier molecular flexibility index (Phi) is 5.32. The van der Waals surface area contributed by atoms with Crippen molar-refractivity contribution in [3.8, 4) is 11.3 Å². The van der Waals surface area contributed by atoms with Crippen molar-refractivity contribution in [2.45, 2.75) is 26.2 Å². The summed E-state index contributed by atoms with van der Waals surface area (Å²) in [5.74, 6) is 0. The van der Waals surface area contributed by atoms with Crippen LogP contribution in [-0.4, -0.2) is 14.4 Å². The molecule has 0 saturated carbocycles. The average molecular weight is 404 g/mol. The molecule has 3 aromatic carbocycles. The fraction of sp³-hybridized carbons (Fsp3) is 0.143. The zero-order chi connectivity index (χ0) is 21.0. The van der Waals surface area contributed by atoms with Gasteiger partial charge in [-0.25, -0.2) is 9.97 Å². The van der Waals surface area contributed by atoms with Gasteiger partial charge >= 0.3 is 0 Å². The number of nitrogens with zero attached hydrogens (tertiary/aromatic N) is 3. The molecule has 2 heterocycles. The molecule has 5 rings (SSSR count). The molecule has 3 heteroatoms. The number of aryl methyl sites for hydroxylation is 1. The molecule has 31 heavy (non-hydrogen) atoms. The monoisotopic (exact) mass is 403 g/mol. The van der Waals surface area contributed by atoms with E-state index in [0.717, 1.165) is 47.6 Å². The van der Waals surface area contributed by atoms with Crippen molar-refractivity contribution >= 4 is 5.65 Å². The molecule has 0 amide bonds. The van der Waals surface area contributed by atoms with E-state index in [1.165, 1.54) is 16.8 Å². The Bertz CT molecular complexity index is 1290. The number of hydrogen-bond donors (Lipinski definition) is 0. The first-order valence-electron chi connectivity index (χ1n) is 10.8. The zero-order valence-corrected chi connectivity index (χ0v) is 17.7. The van der Waals surface area contributed by atoms with E-state index in [1.54, 1.807) is 0 Å². The molecule has 0 atom stereocenters. The summed E-state index contributed by atoms with van der Waals surface area (Å²) in [6.45, 7) is 2.21. The molecule has 0 aliphatic carbocycles. The van der Waals surface area contributed by atoms with Crippen molar-refractivity contribution < 1.29 is 0 Å². The van der Waals surface area contributed by atoms with Gasteiger partial charge in [-0.3, -0.25) is 0 Å². The highest BCUT2D eigenvalue weighted by Gasteiger charge is 2.17. The van der Waals surface area contributed by atoms with Gasteiger partial charge < -0.3 is 4.40 Å². The predicted molar refractivity (Wildman–Crippen MR) is 126 cm³/mol. The molecular formula is C28H25N3. The van der Waals surface area contributed by atoms with Crippen molar-refractivity contribution in [1.82, 2.24) is 14.4 Å². The van der Waals surface area contributed by atoms with E-state index < -0.39 is 0 Å². The number of imidazole rings is 1. The molecule has 0 N–H and O–H groups in total. The van der Waals surface area contributed by atoms with Gasteiger partial charge in [0.1, 0.15) is 0 Å². The Morgan fingerprint density at radius 1 is 0.645 bits per heavy atom. The molecule has 0 spiro atoms. The second-order valence-electron chi connectivity index (χ2n) is 7.82. The zero-order valence-electron chi connectivity index (χ0n) is 17.7. The van der Waals surface area contributed by atoms with Crippen molar-refractivity contribution in [3.05, 3.63) is 125 Å². The van der Waals surface area contributed by atoms with Crippen LogP contribution in [0.2, 0.25) is 0 Å². The Balaban J connectivity index is 1.68. The quantitative estimate of drug-likeness (QED) is 0.341. The maximum Gasteiger partial charge on any atom is 0.159 e. The van der Waals surface area contributed by atoms with E-state index in [-0.39, 0.29) is 0 Å². The summed E-state index contributed by atoms with van der Waals surface area (Å²) in [5.41, 5.74) is 9.00. The Hall–Kier alpha value is -3.72. The van der Waals surface area contributed by atoms with E-state index in [2.05, 4.69) is 102 Å². The van der Waals surface area contributed by atoms with Gasteiger partial charge in [0, 0.05) is 30.3 Å². The Labute approximate surface area is 183 Å². The van der Waals surface area contributed by atoms with Crippen LogP contribution in [0.4, 0.5) is 0 Å². The predicted octanol–water partition coefficient (Wildman–Crippen LogP) is 6.14. The Morgan fingerprint density at radius 2 is 1.19 bits per heavy atom. The largest absolute Gasteiger partial charge is 0.300 e. The Morgan fingerprint density at radius 3 is 1.77 bits per heavy atom. The van der Waals surface area contributed by atoms with Gasteiger partial charge in [0.05, 0.1) is 17.1 Å². The third kappa shape index (κ3) is 3.99. The smallest absolute Gasteiger partial charge is 0.159 e. The number of rotatable bonds is 6. The van der Waals surface area contributed by atoms with Crippen LogP contribution in [0.1, 0.15) is 35.1 Å². The van der Waals surface area contributed by atoms with Crippen molar-refractivity contribution in [2.75, 3.05) is 0 Å². The fourth-order valence-corrected chi connectivity index (χ4v) is 4.16. The van der Waals surface area contributed by atoms with Crippen LogP contribution in [-0.2, 0) is 19.3 Å². The minimum absolute atomic E-state index is 0.760. The molecule has 0 aliphatic rings. The highest BCUT2D eigenvalue weighted by Crippen LogP contribution is 2.25. The summed E-state index contributed by atoms with van der Waals surface area (Å²) in [4.78, 5) is 10.2. The lowest BCUT2D eigenvalue weighted by Gasteiger charge is -2.09. The molecule has 0 unspecified atom stereocenters. The summed E-state index contributed by atoms with van der Waals surface area (Å²) in [6.07, 6.45) is 4.67. The normalized spacial score (nSPS) is 11.1. The highest BCUT2D eigenvalue weighted by molar-refractivity contribution is 5.62. The molecule has 0 bridgehead atoms. The first-order valence-corrected chi connectivity index (χ1v) is 10.8. The minimum atomic E-state index is 0.760. The molecule has 0 radical (unpaired) electrons. The minimum Gasteiger partial charge on any atom is -0.300 e. The van der Waals surface area contributed by atoms with Gasteiger partial charge in [-0.1, -0.05) is 97.9 Å². The first-order chi connectivity index (χ1) is 15.3. The SMILES string of the molecule is CCc1c(Cc2ccccc2)nc2c(Cc3ccccc3)nc(-c3ccccc3)cn12. The second kappa shape index (κ2) is 8.57. The average Bonchev–Trinajstić information content (AvgIpc) is 3.18. The molecule has 152 valence electrons. The van der Waals surface area contributed by atoms with E-state index in [4.69, 9.17) is 9.97 Å². The van der Waals surface area contributed by atoms with Gasteiger partial charge in [-0.2, -0.15) is 0 Å². The van der Waals surface area contributed by atoms with Crippen LogP contribution in [0.25, 0.3) is 16.9 Å². The van der Waals surface area contributed by atoms with Crippen LogP contribution in [0.15, 0.2) is 97.2 Å². The maximum atomic E-state index is 5.11. The van der Waals surface area contributed by atoms with E-state index >= 15 is 0 Å². The van der Waals surface area contributed by atoms with E-state index in [0.29, 0.717) is 0 Å². The molecule has 0 aliphatic heterocycles. The van der Waals surface area contributed by atoms with Crippen LogP contribution < -0.4 is 0 Å². The van der Waals surface area contributed by atoms with Gasteiger partial charge in [0.2, 0.25) is 0 Å². The number of aromatic nitrogens is 3. The maximum absolute atomic E-state index is 5.11. The summed E-state index contributed by atoms with van der Waals surface area (Å²) in [7, 11) is 0. The van der Waals surface area contributed by atoms with Crippen LogP contribution in [0.5, 0.6) is 0 Å². The molecule has 5 aromatic rings. The van der Waals surface area contributed by atoms with E-state index in [1.807, 2.05) is 6.07 Å². The van der Waals surface area contributed by atoms with Crippen LogP contribution in [0, 0.1) is 0 Å². The summed E-state index contributed by atoms with van der Waals surface area (Å²) < 4.78 is 2.27. The molecule has 2 aromatic heterocycles. The summed E-state index contributed by atoms with van der Waals surface area (Å²) >= 11 is 0. The van der Waals surface area contributed by atoms with Crippen molar-refractivity contribution in [1.29, 1.82) is 0 Å². The molecule has 0 fully saturated rings. The first kappa shape index (κ1) is 19.3. The van der Waals surface area contributed by atoms with E-state index in [9.17, 15) is 0 Å². The standard InChI is InChI=1S/C28H25N3/c1-2-27-24(18-21-12-6-3-7-13-21)30-28-25(19-22-14-8-4-9-15-22)29-26(20-31(27)28)23-16-10-5-11-17-23/h3-17,20H,2,18-19H2,1H3. The van der Waals surface area contributed by atoms with Gasteiger partial charge in [-0.15, -0.1) is 0 Å². The summed E-state index contributed by atoms with van der Waals surface area (Å²) in [5, 5.41) is 0. The lowest BCUT2D eigenvalue weighted by Crippen LogP contribution is -2.02. The third-order valence-corrected chi connectivity index (χ3v) is 5.69.